The zero-order valence-electron chi connectivity index (χ0n) is 5.28. The van der Waals surface area contributed by atoms with E-state index in [4.69, 9.17) is 16.9 Å². The number of nitrogens with one attached hydrogen (secondary N) is 1. The zero-order chi connectivity index (χ0) is 6.85. The first kappa shape index (κ1) is 6.13. The number of hydrogen-bond acceptors (Lipinski definition) is 2. The minimum atomic E-state index is 0.159. The maximum atomic E-state index is 6.91. The fourth-order valence-electron chi connectivity index (χ4n) is 0.714. The minimum absolute atomic E-state index is 0.159. The van der Waals surface area contributed by atoms with Crippen LogP contribution in [0.3, 0.4) is 0 Å². The smallest absolute Gasteiger partial charge is 0.0964 e. The molecule has 0 atom stereocenters. The van der Waals surface area contributed by atoms with Crippen molar-refractivity contribution in [3.05, 3.63) is 11.3 Å². The molecule has 1 rings (SSSR count). The molecule has 1 aliphatic rings. The highest BCUT2D eigenvalue weighted by Crippen LogP contribution is 2.30. The Kier molecular flexibility index (Phi) is 1.42. The third kappa shape index (κ3) is 1.76. The standard InChI is InChI=1S/C6H11N3/c7-5(3-6(8)9)4-1-2-4/h1-3,7H2,(H3,8,9). The molecular formula is C6H11N3. The van der Waals surface area contributed by atoms with E-state index < -0.39 is 0 Å². The van der Waals surface area contributed by atoms with Gasteiger partial charge in [-0.15, -0.1) is 0 Å². The van der Waals surface area contributed by atoms with Crippen molar-refractivity contribution >= 4 is 5.84 Å². The molecular weight excluding hydrogens is 114 g/mol. The summed E-state index contributed by atoms with van der Waals surface area (Å²) in [5.74, 6) is 0.159. The highest BCUT2D eigenvalue weighted by molar-refractivity contribution is 5.79. The summed E-state index contributed by atoms with van der Waals surface area (Å²) < 4.78 is 0. The van der Waals surface area contributed by atoms with Crippen LogP contribution in [-0.2, 0) is 0 Å². The van der Waals surface area contributed by atoms with E-state index in [1.54, 1.807) is 0 Å². The van der Waals surface area contributed by atoms with Gasteiger partial charge in [0.15, 0.2) is 0 Å². The van der Waals surface area contributed by atoms with Crippen LogP contribution in [0, 0.1) is 5.41 Å². The van der Waals surface area contributed by atoms with E-state index in [1.807, 2.05) is 0 Å². The van der Waals surface area contributed by atoms with Crippen LogP contribution in [0.1, 0.15) is 19.3 Å². The summed E-state index contributed by atoms with van der Waals surface area (Å²) >= 11 is 0. The van der Waals surface area contributed by atoms with E-state index in [0.717, 1.165) is 18.5 Å². The molecule has 0 saturated heterocycles. The van der Waals surface area contributed by atoms with Gasteiger partial charge in [0.2, 0.25) is 0 Å². The Morgan fingerprint density at radius 1 is 1.44 bits per heavy atom. The Bertz CT molecular complexity index is 163. The van der Waals surface area contributed by atoms with E-state index in [9.17, 15) is 0 Å². The average molecular weight is 125 g/mol. The highest BCUT2D eigenvalue weighted by Gasteiger charge is 2.15. The van der Waals surface area contributed by atoms with Crippen LogP contribution in [-0.4, -0.2) is 5.84 Å². The largest absolute Gasteiger partial charge is 0.402 e. The van der Waals surface area contributed by atoms with Crippen molar-refractivity contribution in [1.82, 2.24) is 0 Å². The molecule has 1 saturated carbocycles. The third-order valence-electron chi connectivity index (χ3n) is 1.34. The molecule has 1 fully saturated rings. The molecule has 0 aliphatic heterocycles. The number of nitrogens with two attached hydrogens (primary N) is 2. The van der Waals surface area contributed by atoms with Gasteiger partial charge in [0.05, 0.1) is 5.84 Å². The first-order valence-electron chi connectivity index (χ1n) is 2.99. The van der Waals surface area contributed by atoms with Crippen molar-refractivity contribution in [2.75, 3.05) is 0 Å². The van der Waals surface area contributed by atoms with Gasteiger partial charge in [0, 0.05) is 12.1 Å². The predicted molar refractivity (Wildman–Crippen MR) is 37.0 cm³/mol. The Morgan fingerprint density at radius 2 is 2.00 bits per heavy atom. The normalized spacial score (nSPS) is 15.3. The van der Waals surface area contributed by atoms with E-state index in [-0.39, 0.29) is 5.84 Å². The van der Waals surface area contributed by atoms with Crippen molar-refractivity contribution in [3.8, 4) is 0 Å². The maximum Gasteiger partial charge on any atom is 0.0964 e. The summed E-state index contributed by atoms with van der Waals surface area (Å²) in [6, 6.07) is 0. The molecule has 0 spiro atoms. The molecule has 0 aromatic carbocycles. The molecule has 50 valence electrons. The van der Waals surface area contributed by atoms with Gasteiger partial charge in [0.1, 0.15) is 0 Å². The van der Waals surface area contributed by atoms with Gasteiger partial charge >= 0.3 is 0 Å². The number of amidine groups is 1. The molecule has 0 bridgehead atoms. The minimum Gasteiger partial charge on any atom is -0.402 e. The lowest BCUT2D eigenvalue weighted by molar-refractivity contribution is 1.15. The Labute approximate surface area is 54.2 Å². The molecule has 5 N–H and O–H groups in total. The van der Waals surface area contributed by atoms with Crippen molar-refractivity contribution in [1.29, 1.82) is 5.41 Å². The predicted octanol–water partition coefficient (Wildman–Crippen LogP) is 0.319. The number of hydrogen-bond donors (Lipinski definition) is 3. The second kappa shape index (κ2) is 2.09. The van der Waals surface area contributed by atoms with Crippen LogP contribution in [0.2, 0.25) is 0 Å². The fourth-order valence-corrected chi connectivity index (χ4v) is 0.714. The van der Waals surface area contributed by atoms with Crippen LogP contribution < -0.4 is 11.5 Å². The third-order valence-corrected chi connectivity index (χ3v) is 1.34. The van der Waals surface area contributed by atoms with Gasteiger partial charge in [-0.25, -0.2) is 0 Å². The number of rotatable bonds is 2. The van der Waals surface area contributed by atoms with Gasteiger partial charge in [-0.3, -0.25) is 5.41 Å². The lowest BCUT2D eigenvalue weighted by Gasteiger charge is -1.95. The first-order valence-corrected chi connectivity index (χ1v) is 2.99. The molecule has 3 heteroatoms. The summed E-state index contributed by atoms with van der Waals surface area (Å²) in [5, 5.41) is 6.91. The van der Waals surface area contributed by atoms with E-state index >= 15 is 0 Å². The van der Waals surface area contributed by atoms with Crippen molar-refractivity contribution in [2.24, 2.45) is 11.5 Å². The van der Waals surface area contributed by atoms with Crippen molar-refractivity contribution in [3.63, 3.8) is 0 Å². The SMILES string of the molecule is N=C(N)CC(N)=C1CC1. The molecule has 0 radical (unpaired) electrons. The lowest BCUT2D eigenvalue weighted by atomic mass is 10.3. The Hall–Kier alpha value is -0.990. The van der Waals surface area contributed by atoms with Gasteiger partial charge < -0.3 is 11.5 Å². The van der Waals surface area contributed by atoms with Crippen LogP contribution in [0.15, 0.2) is 11.3 Å². The summed E-state index contributed by atoms with van der Waals surface area (Å²) in [6.07, 6.45) is 2.67. The van der Waals surface area contributed by atoms with E-state index in [0.29, 0.717) is 6.42 Å². The summed E-state index contributed by atoms with van der Waals surface area (Å²) in [4.78, 5) is 0. The fraction of sp³-hybridized carbons (Fsp3) is 0.500. The molecule has 1 aliphatic carbocycles. The Balaban J connectivity index is 2.44. The molecule has 9 heavy (non-hydrogen) atoms. The quantitative estimate of drug-likeness (QED) is 0.367. The zero-order valence-corrected chi connectivity index (χ0v) is 5.28. The summed E-state index contributed by atoms with van der Waals surface area (Å²) in [5.41, 5.74) is 12.8. The summed E-state index contributed by atoms with van der Waals surface area (Å²) in [7, 11) is 0. The number of allylic oxidation sites excluding steroid dienone is 1. The van der Waals surface area contributed by atoms with Crippen molar-refractivity contribution in [2.45, 2.75) is 19.3 Å². The topological polar surface area (TPSA) is 75.9 Å². The molecule has 3 nitrogen and oxygen atoms in total. The Morgan fingerprint density at radius 3 is 2.33 bits per heavy atom. The van der Waals surface area contributed by atoms with Gasteiger partial charge in [-0.05, 0) is 12.8 Å². The second-order valence-corrected chi connectivity index (χ2v) is 2.33. The molecule has 0 unspecified atom stereocenters. The molecule has 0 aromatic heterocycles. The molecule has 0 aromatic rings. The van der Waals surface area contributed by atoms with Gasteiger partial charge in [-0.2, -0.15) is 0 Å². The van der Waals surface area contributed by atoms with Crippen LogP contribution in [0.5, 0.6) is 0 Å². The van der Waals surface area contributed by atoms with E-state index in [2.05, 4.69) is 0 Å². The average Bonchev–Trinajstić information content (AvgIpc) is 2.40. The van der Waals surface area contributed by atoms with Gasteiger partial charge in [0.25, 0.3) is 0 Å². The molecule has 0 amide bonds. The highest BCUT2D eigenvalue weighted by atomic mass is 14.7. The first-order chi connectivity index (χ1) is 4.20. The molecule has 0 heterocycles. The monoisotopic (exact) mass is 125 g/mol. The van der Waals surface area contributed by atoms with Crippen LogP contribution in [0.25, 0.3) is 0 Å². The maximum absolute atomic E-state index is 6.91. The van der Waals surface area contributed by atoms with Crippen LogP contribution >= 0.6 is 0 Å². The van der Waals surface area contributed by atoms with Gasteiger partial charge in [-0.1, -0.05) is 5.57 Å². The lowest BCUT2D eigenvalue weighted by Crippen LogP contribution is -2.13. The van der Waals surface area contributed by atoms with Crippen molar-refractivity contribution < 1.29 is 0 Å². The second-order valence-electron chi connectivity index (χ2n) is 2.33. The van der Waals surface area contributed by atoms with E-state index in [1.165, 1.54) is 5.57 Å². The summed E-state index contributed by atoms with van der Waals surface area (Å²) in [6.45, 7) is 0. The van der Waals surface area contributed by atoms with Crippen LogP contribution in [0.4, 0.5) is 0 Å².